The fraction of sp³-hybridized carbons (Fsp3) is 0.462. The van der Waals surface area contributed by atoms with Gasteiger partial charge in [-0.25, -0.2) is 4.98 Å². The van der Waals surface area contributed by atoms with Crippen LogP contribution in [0.5, 0.6) is 5.88 Å². The Labute approximate surface area is 205 Å². The van der Waals surface area contributed by atoms with Gasteiger partial charge in [-0.3, -0.25) is 9.69 Å². The molecule has 0 atom stereocenters. The minimum absolute atomic E-state index is 0.0259. The molecule has 2 aromatic heterocycles. The number of nitrogens with two attached hydrogens (primary N) is 1. The average molecular weight is 480 g/mol. The monoisotopic (exact) mass is 479 g/mol. The molecule has 35 heavy (non-hydrogen) atoms. The van der Waals surface area contributed by atoms with Gasteiger partial charge >= 0.3 is 5.97 Å². The van der Waals surface area contributed by atoms with Crippen LogP contribution in [0.3, 0.4) is 0 Å². The van der Waals surface area contributed by atoms with Gasteiger partial charge in [-0.05, 0) is 70.7 Å². The molecular weight excluding hydrogens is 446 g/mol. The van der Waals surface area contributed by atoms with Crippen LogP contribution in [0.1, 0.15) is 51.3 Å². The second kappa shape index (κ2) is 9.65. The molecule has 3 heterocycles. The Bertz CT molecular complexity index is 1230. The normalized spacial score (nSPS) is 14.1. The summed E-state index contributed by atoms with van der Waals surface area (Å²) in [6.07, 6.45) is 2.42. The molecule has 0 unspecified atom stereocenters. The number of ether oxygens (including phenoxy) is 2. The van der Waals surface area contributed by atoms with Crippen molar-refractivity contribution in [2.45, 2.75) is 66.2 Å². The van der Waals surface area contributed by atoms with Crippen LogP contribution in [0.15, 0.2) is 28.9 Å². The summed E-state index contributed by atoms with van der Waals surface area (Å²) in [5, 5.41) is 4.20. The number of esters is 1. The van der Waals surface area contributed by atoms with Crippen LogP contribution >= 0.6 is 0 Å². The van der Waals surface area contributed by atoms with Crippen molar-refractivity contribution in [1.82, 2.24) is 20.0 Å². The number of aromatic nitrogens is 3. The molecule has 0 amide bonds. The van der Waals surface area contributed by atoms with E-state index in [0.29, 0.717) is 35.4 Å². The molecule has 9 heteroatoms. The van der Waals surface area contributed by atoms with Gasteiger partial charge in [-0.15, -0.1) is 0 Å². The smallest absolute Gasteiger partial charge is 0.320 e. The van der Waals surface area contributed by atoms with Crippen molar-refractivity contribution in [1.29, 1.82) is 0 Å². The lowest BCUT2D eigenvalue weighted by Gasteiger charge is -2.30. The number of pyridine rings is 1. The van der Waals surface area contributed by atoms with Gasteiger partial charge in [0.15, 0.2) is 0 Å². The Hall–Kier alpha value is -3.46. The summed E-state index contributed by atoms with van der Waals surface area (Å²) < 4.78 is 16.6. The Morgan fingerprint density at radius 2 is 2.06 bits per heavy atom. The SMILES string of the molecule is Cc1c(-c2noc(-c3cnc(OC(C)C)c(N)c3)n2)ccc2c1CCN(CC(=O)OC(C)(C)C)C2. The van der Waals surface area contributed by atoms with E-state index in [1.807, 2.05) is 40.7 Å². The van der Waals surface area contributed by atoms with E-state index in [4.69, 9.17) is 19.7 Å². The first-order chi connectivity index (χ1) is 16.5. The van der Waals surface area contributed by atoms with Crippen molar-refractivity contribution >= 4 is 11.7 Å². The van der Waals surface area contributed by atoms with E-state index in [-0.39, 0.29) is 18.6 Å². The van der Waals surface area contributed by atoms with Crippen LogP contribution in [-0.4, -0.2) is 50.8 Å². The minimum atomic E-state index is -0.481. The molecule has 3 aromatic rings. The third-order valence-corrected chi connectivity index (χ3v) is 5.68. The largest absolute Gasteiger partial charge is 0.473 e. The van der Waals surface area contributed by atoms with Crippen LogP contribution in [0.25, 0.3) is 22.8 Å². The third-order valence-electron chi connectivity index (χ3n) is 5.68. The first kappa shape index (κ1) is 24.7. The Morgan fingerprint density at radius 1 is 1.29 bits per heavy atom. The molecule has 1 aliphatic heterocycles. The predicted molar refractivity (Wildman–Crippen MR) is 133 cm³/mol. The number of nitrogen functional groups attached to an aromatic ring is 1. The molecule has 0 spiro atoms. The van der Waals surface area contributed by atoms with Gasteiger partial charge in [0, 0.05) is 24.8 Å². The van der Waals surface area contributed by atoms with E-state index in [2.05, 4.69) is 33.0 Å². The summed E-state index contributed by atoms with van der Waals surface area (Å²) >= 11 is 0. The predicted octanol–water partition coefficient (Wildman–Crippen LogP) is 4.18. The highest BCUT2D eigenvalue weighted by Gasteiger charge is 2.25. The number of fused-ring (bicyclic) bond motifs is 1. The van der Waals surface area contributed by atoms with Crippen molar-refractivity contribution in [3.05, 3.63) is 41.1 Å². The molecule has 4 rings (SSSR count). The Morgan fingerprint density at radius 3 is 2.74 bits per heavy atom. The summed E-state index contributed by atoms with van der Waals surface area (Å²) in [5.74, 6) is 1.04. The van der Waals surface area contributed by atoms with Crippen molar-refractivity contribution in [3.8, 4) is 28.7 Å². The number of rotatable bonds is 6. The third kappa shape index (κ3) is 5.79. The molecule has 1 aromatic carbocycles. The number of benzene rings is 1. The maximum atomic E-state index is 12.2. The van der Waals surface area contributed by atoms with Gasteiger partial charge in [0.25, 0.3) is 5.89 Å². The molecule has 9 nitrogen and oxygen atoms in total. The lowest BCUT2D eigenvalue weighted by atomic mass is 9.91. The van der Waals surface area contributed by atoms with Crippen molar-refractivity contribution < 1.29 is 18.8 Å². The van der Waals surface area contributed by atoms with E-state index in [1.54, 1.807) is 12.3 Å². The fourth-order valence-corrected chi connectivity index (χ4v) is 4.19. The second-order valence-corrected chi connectivity index (χ2v) is 10.1. The van der Waals surface area contributed by atoms with Gasteiger partial charge in [-0.1, -0.05) is 17.3 Å². The molecule has 0 radical (unpaired) electrons. The topological polar surface area (TPSA) is 117 Å². The molecule has 0 aliphatic carbocycles. The van der Waals surface area contributed by atoms with Gasteiger partial charge in [0.1, 0.15) is 5.60 Å². The van der Waals surface area contributed by atoms with Crippen LogP contribution in [0, 0.1) is 6.92 Å². The Balaban J connectivity index is 1.50. The molecular formula is C26H33N5O4. The zero-order valence-corrected chi connectivity index (χ0v) is 21.2. The average Bonchev–Trinajstić information content (AvgIpc) is 3.23. The van der Waals surface area contributed by atoms with E-state index in [1.165, 1.54) is 11.1 Å². The van der Waals surface area contributed by atoms with Gasteiger partial charge in [0.2, 0.25) is 11.7 Å². The van der Waals surface area contributed by atoms with Crippen LogP contribution in [0.2, 0.25) is 0 Å². The first-order valence-corrected chi connectivity index (χ1v) is 11.8. The second-order valence-electron chi connectivity index (χ2n) is 10.1. The summed E-state index contributed by atoms with van der Waals surface area (Å²) in [4.78, 5) is 23.2. The highest BCUT2D eigenvalue weighted by atomic mass is 16.6. The molecule has 0 saturated carbocycles. The zero-order valence-electron chi connectivity index (χ0n) is 21.2. The quantitative estimate of drug-likeness (QED) is 0.520. The lowest BCUT2D eigenvalue weighted by molar-refractivity contribution is -0.156. The fourth-order valence-electron chi connectivity index (χ4n) is 4.19. The summed E-state index contributed by atoms with van der Waals surface area (Å²) in [6, 6.07) is 5.81. The van der Waals surface area contributed by atoms with E-state index in [9.17, 15) is 4.79 Å². The maximum Gasteiger partial charge on any atom is 0.320 e. The number of nitrogens with zero attached hydrogens (tertiary/aromatic N) is 4. The number of anilines is 1. The van der Waals surface area contributed by atoms with Crippen molar-refractivity contribution in [2.75, 3.05) is 18.8 Å². The highest BCUT2D eigenvalue weighted by molar-refractivity contribution is 5.72. The minimum Gasteiger partial charge on any atom is -0.473 e. The standard InChI is InChI=1S/C26H33N5O4/c1-15(2)33-25-21(27)11-18(12-28-25)24-29-23(30-35-24)20-8-7-17-13-31(10-9-19(17)16(20)3)14-22(32)34-26(4,5)6/h7-8,11-12,15H,9-10,13-14,27H2,1-6H3. The first-order valence-electron chi connectivity index (χ1n) is 11.8. The summed E-state index contributed by atoms with van der Waals surface area (Å²) in [5.41, 5.74) is 11.1. The van der Waals surface area contributed by atoms with E-state index >= 15 is 0 Å². The van der Waals surface area contributed by atoms with Crippen LogP contribution < -0.4 is 10.5 Å². The molecule has 186 valence electrons. The number of hydrogen-bond acceptors (Lipinski definition) is 9. The van der Waals surface area contributed by atoms with Crippen LogP contribution in [0.4, 0.5) is 5.69 Å². The van der Waals surface area contributed by atoms with Crippen molar-refractivity contribution in [3.63, 3.8) is 0 Å². The Kier molecular flexibility index (Phi) is 6.80. The number of carbonyl (C=O) groups is 1. The molecule has 2 N–H and O–H groups in total. The van der Waals surface area contributed by atoms with Crippen LogP contribution in [-0.2, 0) is 22.5 Å². The number of carbonyl (C=O) groups excluding carboxylic acids is 1. The van der Waals surface area contributed by atoms with Gasteiger partial charge in [0.05, 0.1) is 23.9 Å². The zero-order chi connectivity index (χ0) is 25.3. The lowest BCUT2D eigenvalue weighted by Crippen LogP contribution is -2.38. The van der Waals surface area contributed by atoms with Crippen molar-refractivity contribution in [2.24, 2.45) is 0 Å². The summed E-state index contributed by atoms with van der Waals surface area (Å²) in [7, 11) is 0. The van der Waals surface area contributed by atoms with Gasteiger partial charge in [-0.2, -0.15) is 4.98 Å². The van der Waals surface area contributed by atoms with E-state index < -0.39 is 5.60 Å². The summed E-state index contributed by atoms with van der Waals surface area (Å²) in [6.45, 7) is 13.3. The molecule has 0 bridgehead atoms. The molecule has 1 aliphatic rings. The number of hydrogen-bond donors (Lipinski definition) is 1. The van der Waals surface area contributed by atoms with E-state index in [0.717, 1.165) is 24.1 Å². The van der Waals surface area contributed by atoms with Gasteiger partial charge < -0.3 is 19.7 Å². The molecule has 0 fully saturated rings. The molecule has 0 saturated heterocycles. The highest BCUT2D eigenvalue weighted by Crippen LogP contribution is 2.32. The maximum absolute atomic E-state index is 12.2.